The van der Waals surface area contributed by atoms with Gasteiger partial charge in [-0.15, -0.1) is 0 Å². The van der Waals surface area contributed by atoms with Crippen molar-refractivity contribution in [2.24, 2.45) is 0 Å². The van der Waals surface area contributed by atoms with Crippen LogP contribution in [0.3, 0.4) is 0 Å². The lowest BCUT2D eigenvalue weighted by Crippen LogP contribution is -2.90. The monoisotopic (exact) mass is 319 g/mol. The molecule has 3 nitrogen and oxygen atoms in total. The first kappa shape index (κ1) is 16.2. The Hall–Kier alpha value is -2.65. The fraction of sp³-hybridized carbons (Fsp3) is 0.190. The number of nitrogens with one attached hydrogen (secondary N) is 1. The lowest BCUT2D eigenvalue weighted by Gasteiger charge is -2.12. The van der Waals surface area contributed by atoms with E-state index in [1.54, 1.807) is 0 Å². The maximum atomic E-state index is 12.4. The van der Waals surface area contributed by atoms with Gasteiger partial charge >= 0.3 is 0 Å². The number of carbonyl (C=O) groups is 1. The van der Waals surface area contributed by atoms with E-state index in [9.17, 15) is 4.79 Å². The van der Waals surface area contributed by atoms with Gasteiger partial charge in [-0.3, -0.25) is 4.79 Å². The molecule has 1 amide bonds. The SMILES string of the molecule is Cc1ccc(C[NH2+][C@@H](C)C(=O)Nc2ccc3ccccc3c2)cc1. The van der Waals surface area contributed by atoms with Crippen LogP contribution in [0, 0.1) is 6.92 Å². The summed E-state index contributed by atoms with van der Waals surface area (Å²) in [6.07, 6.45) is 0. The summed E-state index contributed by atoms with van der Waals surface area (Å²) in [5.74, 6) is 0.0254. The Morgan fingerprint density at radius 1 is 1.00 bits per heavy atom. The molecule has 3 heteroatoms. The van der Waals surface area contributed by atoms with Crippen molar-refractivity contribution in [1.82, 2.24) is 0 Å². The van der Waals surface area contributed by atoms with E-state index in [1.807, 2.05) is 37.3 Å². The largest absolute Gasteiger partial charge is 0.333 e. The van der Waals surface area contributed by atoms with Crippen molar-refractivity contribution in [2.75, 3.05) is 5.32 Å². The third-order valence-corrected chi connectivity index (χ3v) is 4.26. The smallest absolute Gasteiger partial charge is 0.282 e. The number of fused-ring (bicyclic) bond motifs is 1. The Bertz CT molecular complexity index is 840. The summed E-state index contributed by atoms with van der Waals surface area (Å²) in [7, 11) is 0. The number of benzene rings is 3. The molecule has 3 aromatic rings. The van der Waals surface area contributed by atoms with Crippen LogP contribution in [0.4, 0.5) is 5.69 Å². The predicted octanol–water partition coefficient (Wildman–Crippen LogP) is 3.24. The second-order valence-electron chi connectivity index (χ2n) is 6.27. The van der Waals surface area contributed by atoms with Gasteiger partial charge in [-0.1, -0.05) is 60.2 Å². The van der Waals surface area contributed by atoms with Crippen LogP contribution in [0.5, 0.6) is 0 Å². The van der Waals surface area contributed by atoms with Gasteiger partial charge in [0.05, 0.1) is 0 Å². The molecule has 0 heterocycles. The highest BCUT2D eigenvalue weighted by atomic mass is 16.2. The van der Waals surface area contributed by atoms with Crippen molar-refractivity contribution in [3.05, 3.63) is 77.9 Å². The molecule has 0 spiro atoms. The van der Waals surface area contributed by atoms with Crippen molar-refractivity contribution in [3.63, 3.8) is 0 Å². The van der Waals surface area contributed by atoms with E-state index in [1.165, 1.54) is 16.5 Å². The third-order valence-electron chi connectivity index (χ3n) is 4.26. The average Bonchev–Trinajstić information content (AvgIpc) is 2.61. The number of quaternary nitrogens is 1. The Morgan fingerprint density at radius 3 is 2.46 bits per heavy atom. The zero-order valence-electron chi connectivity index (χ0n) is 14.1. The normalized spacial score (nSPS) is 12.1. The summed E-state index contributed by atoms with van der Waals surface area (Å²) in [6.45, 7) is 4.81. The molecule has 0 aliphatic heterocycles. The van der Waals surface area contributed by atoms with Crippen LogP contribution in [0.25, 0.3) is 10.8 Å². The number of carbonyl (C=O) groups excluding carboxylic acids is 1. The van der Waals surface area contributed by atoms with Gasteiger partial charge in [-0.2, -0.15) is 0 Å². The molecule has 0 unspecified atom stereocenters. The Kier molecular flexibility index (Phi) is 4.92. The van der Waals surface area contributed by atoms with Crippen LogP contribution < -0.4 is 10.6 Å². The maximum Gasteiger partial charge on any atom is 0.282 e. The topological polar surface area (TPSA) is 45.7 Å². The van der Waals surface area contributed by atoms with Crippen LogP contribution in [-0.2, 0) is 11.3 Å². The predicted molar refractivity (Wildman–Crippen MR) is 98.8 cm³/mol. The number of nitrogens with two attached hydrogens (primary N) is 1. The van der Waals surface area contributed by atoms with Gasteiger partial charge < -0.3 is 10.6 Å². The van der Waals surface area contributed by atoms with E-state index in [0.717, 1.165) is 17.6 Å². The number of rotatable bonds is 5. The van der Waals surface area contributed by atoms with Crippen LogP contribution in [0.2, 0.25) is 0 Å². The summed E-state index contributed by atoms with van der Waals surface area (Å²) in [6, 6.07) is 22.4. The summed E-state index contributed by atoms with van der Waals surface area (Å²) < 4.78 is 0. The lowest BCUT2D eigenvalue weighted by molar-refractivity contribution is -0.688. The summed E-state index contributed by atoms with van der Waals surface area (Å²) in [4.78, 5) is 12.4. The maximum absolute atomic E-state index is 12.4. The minimum Gasteiger partial charge on any atom is -0.333 e. The van der Waals surface area contributed by atoms with E-state index in [0.29, 0.717) is 0 Å². The molecule has 1 atom stereocenters. The zero-order valence-corrected chi connectivity index (χ0v) is 14.1. The number of hydrogen-bond acceptors (Lipinski definition) is 1. The highest BCUT2D eigenvalue weighted by Crippen LogP contribution is 2.18. The van der Waals surface area contributed by atoms with Crippen LogP contribution in [0.15, 0.2) is 66.7 Å². The highest BCUT2D eigenvalue weighted by molar-refractivity contribution is 5.96. The first-order valence-electron chi connectivity index (χ1n) is 8.30. The molecule has 0 bridgehead atoms. The van der Waals surface area contributed by atoms with E-state index < -0.39 is 0 Å². The molecular weight excluding hydrogens is 296 g/mol. The zero-order chi connectivity index (χ0) is 16.9. The van der Waals surface area contributed by atoms with Gasteiger partial charge in [0.25, 0.3) is 5.91 Å². The molecule has 0 radical (unpaired) electrons. The highest BCUT2D eigenvalue weighted by Gasteiger charge is 2.16. The molecule has 0 fully saturated rings. The molecule has 24 heavy (non-hydrogen) atoms. The first-order chi connectivity index (χ1) is 11.6. The van der Waals surface area contributed by atoms with E-state index in [-0.39, 0.29) is 11.9 Å². The number of amides is 1. The third kappa shape index (κ3) is 4.00. The van der Waals surface area contributed by atoms with E-state index in [4.69, 9.17) is 0 Å². The minimum absolute atomic E-state index is 0.0254. The first-order valence-corrected chi connectivity index (χ1v) is 8.30. The molecule has 0 aliphatic carbocycles. The second-order valence-corrected chi connectivity index (χ2v) is 6.27. The van der Waals surface area contributed by atoms with Gasteiger partial charge in [0.2, 0.25) is 0 Å². The minimum atomic E-state index is -0.141. The summed E-state index contributed by atoms with van der Waals surface area (Å²) in [5, 5.41) is 7.37. The van der Waals surface area contributed by atoms with Crippen LogP contribution in [-0.4, -0.2) is 11.9 Å². The van der Waals surface area contributed by atoms with Crippen LogP contribution >= 0.6 is 0 Å². The van der Waals surface area contributed by atoms with Crippen molar-refractivity contribution in [2.45, 2.75) is 26.4 Å². The lowest BCUT2D eigenvalue weighted by atomic mass is 10.1. The average molecular weight is 319 g/mol. The molecule has 3 N–H and O–H groups in total. The van der Waals surface area contributed by atoms with E-state index >= 15 is 0 Å². The summed E-state index contributed by atoms with van der Waals surface area (Å²) >= 11 is 0. The fourth-order valence-corrected chi connectivity index (χ4v) is 2.67. The molecule has 3 rings (SSSR count). The Balaban J connectivity index is 1.59. The molecule has 0 saturated carbocycles. The van der Waals surface area contributed by atoms with E-state index in [2.05, 4.69) is 54.0 Å². The molecular formula is C21H23N2O+. The summed E-state index contributed by atoms with van der Waals surface area (Å²) in [5.41, 5.74) is 3.32. The van der Waals surface area contributed by atoms with Gasteiger partial charge in [-0.05, 0) is 36.8 Å². The van der Waals surface area contributed by atoms with Crippen molar-refractivity contribution >= 4 is 22.4 Å². The van der Waals surface area contributed by atoms with Gasteiger partial charge in [-0.25, -0.2) is 0 Å². The standard InChI is InChI=1S/C21H22N2O/c1-15-7-9-17(10-8-15)14-22-16(2)21(24)23-20-12-11-18-5-3-4-6-19(18)13-20/h3-13,16,22H,14H2,1-2H3,(H,23,24)/p+1/t16-/m0/s1. The van der Waals surface area contributed by atoms with Gasteiger partial charge in [0, 0.05) is 11.3 Å². The second kappa shape index (κ2) is 7.28. The van der Waals surface area contributed by atoms with Crippen molar-refractivity contribution < 1.29 is 10.1 Å². The quantitative estimate of drug-likeness (QED) is 0.745. The molecule has 0 aromatic heterocycles. The van der Waals surface area contributed by atoms with Crippen molar-refractivity contribution in [3.8, 4) is 0 Å². The Labute approximate surface area is 142 Å². The van der Waals surface area contributed by atoms with Gasteiger partial charge in [0.15, 0.2) is 6.04 Å². The molecule has 0 saturated heterocycles. The van der Waals surface area contributed by atoms with Crippen LogP contribution in [0.1, 0.15) is 18.1 Å². The number of anilines is 1. The fourth-order valence-electron chi connectivity index (χ4n) is 2.67. The molecule has 0 aliphatic rings. The number of hydrogen-bond donors (Lipinski definition) is 2. The van der Waals surface area contributed by atoms with Crippen molar-refractivity contribution in [1.29, 1.82) is 0 Å². The molecule has 3 aromatic carbocycles. The number of aryl methyl sites for hydroxylation is 1. The Morgan fingerprint density at radius 2 is 1.71 bits per heavy atom. The molecule has 122 valence electrons. The van der Waals surface area contributed by atoms with Gasteiger partial charge in [0.1, 0.15) is 6.54 Å².